The van der Waals surface area contributed by atoms with Gasteiger partial charge < -0.3 is 0 Å². The predicted octanol–water partition coefficient (Wildman–Crippen LogP) is 6.38. The lowest BCUT2D eigenvalue weighted by molar-refractivity contribution is -0.118. The summed E-state index contributed by atoms with van der Waals surface area (Å²) in [6.07, 6.45) is 5.82. The smallest absolute Gasteiger partial charge is 0.137 e. The van der Waals surface area contributed by atoms with E-state index in [1.165, 1.54) is 24.8 Å². The van der Waals surface area contributed by atoms with Crippen LogP contribution in [0.2, 0.25) is 0 Å². The lowest BCUT2D eigenvalue weighted by atomic mass is 9.90. The lowest BCUT2D eigenvalue weighted by Gasteiger charge is -2.13. The second kappa shape index (κ2) is 15.9. The molecule has 1 aromatic carbocycles. The van der Waals surface area contributed by atoms with Crippen LogP contribution in [0, 0.1) is 0 Å². The van der Waals surface area contributed by atoms with Crippen LogP contribution in [0.1, 0.15) is 85.1 Å². The van der Waals surface area contributed by atoms with Crippen molar-refractivity contribution in [2.45, 2.75) is 79.6 Å². The Bertz CT molecular complexity index is 303. The summed E-state index contributed by atoms with van der Waals surface area (Å²) in [5.41, 5.74) is 1.17. The standard InChI is InChI=1S/C14H20O.C3H8.C2H6/c1-3-4-6-11-14(12(2)15)13-9-7-5-8-10-13;1-3-2;1-2/h5,7-10,14H,3-4,6,11H2,1-2H3;3H2,1-2H3;1-2H3/t14-;;/m1../s1. The van der Waals surface area contributed by atoms with Gasteiger partial charge in [-0.2, -0.15) is 0 Å². The van der Waals surface area contributed by atoms with Crippen molar-refractivity contribution >= 4 is 5.78 Å². The molecule has 0 spiro atoms. The molecule has 0 N–H and O–H groups in total. The van der Waals surface area contributed by atoms with Crippen LogP contribution in [0.25, 0.3) is 0 Å². The quantitative estimate of drug-likeness (QED) is 0.552. The van der Waals surface area contributed by atoms with E-state index in [0.717, 1.165) is 12.8 Å². The molecule has 0 amide bonds. The molecule has 116 valence electrons. The van der Waals surface area contributed by atoms with Crippen molar-refractivity contribution in [1.29, 1.82) is 0 Å². The van der Waals surface area contributed by atoms with Crippen LogP contribution in [0.3, 0.4) is 0 Å². The van der Waals surface area contributed by atoms with E-state index in [4.69, 9.17) is 0 Å². The zero-order chi connectivity index (χ0) is 15.8. The largest absolute Gasteiger partial charge is 0.299 e. The fraction of sp³-hybridized carbons (Fsp3) is 0.632. The van der Waals surface area contributed by atoms with Crippen LogP contribution in [-0.2, 0) is 4.79 Å². The monoisotopic (exact) mass is 278 g/mol. The molecule has 0 aromatic heterocycles. The van der Waals surface area contributed by atoms with Gasteiger partial charge in [0.15, 0.2) is 0 Å². The Hall–Kier alpha value is -1.11. The molecule has 1 aromatic rings. The Balaban J connectivity index is 0. The number of carbonyl (C=O) groups excluding carboxylic acids is 1. The third kappa shape index (κ3) is 10.8. The number of hydrogen-bond donors (Lipinski definition) is 0. The summed E-state index contributed by atoms with van der Waals surface area (Å²) in [6, 6.07) is 10.1. The molecule has 0 saturated heterocycles. The fourth-order valence-corrected chi connectivity index (χ4v) is 1.89. The van der Waals surface area contributed by atoms with Gasteiger partial charge in [-0.3, -0.25) is 4.79 Å². The molecule has 0 saturated carbocycles. The predicted molar refractivity (Wildman–Crippen MR) is 91.3 cm³/mol. The van der Waals surface area contributed by atoms with Crippen molar-refractivity contribution in [3.05, 3.63) is 35.9 Å². The number of benzene rings is 1. The summed E-state index contributed by atoms with van der Waals surface area (Å²) in [4.78, 5) is 11.5. The van der Waals surface area contributed by atoms with Gasteiger partial charge in [0, 0.05) is 5.92 Å². The van der Waals surface area contributed by atoms with E-state index in [2.05, 4.69) is 32.9 Å². The van der Waals surface area contributed by atoms with Gasteiger partial charge >= 0.3 is 0 Å². The normalized spacial score (nSPS) is 10.5. The highest BCUT2D eigenvalue weighted by Gasteiger charge is 2.15. The van der Waals surface area contributed by atoms with Crippen LogP contribution in [0.5, 0.6) is 0 Å². The van der Waals surface area contributed by atoms with Gasteiger partial charge in [-0.15, -0.1) is 0 Å². The number of ketones is 1. The molecule has 1 rings (SSSR count). The van der Waals surface area contributed by atoms with E-state index in [0.29, 0.717) is 0 Å². The molecule has 0 aliphatic heterocycles. The molecule has 0 heterocycles. The van der Waals surface area contributed by atoms with Gasteiger partial charge in [-0.1, -0.05) is 90.6 Å². The molecule has 1 nitrogen and oxygen atoms in total. The topological polar surface area (TPSA) is 17.1 Å². The van der Waals surface area contributed by atoms with E-state index < -0.39 is 0 Å². The van der Waals surface area contributed by atoms with Gasteiger partial charge in [0.1, 0.15) is 5.78 Å². The minimum atomic E-state index is 0.109. The number of rotatable bonds is 6. The summed E-state index contributed by atoms with van der Waals surface area (Å²) in [7, 11) is 0. The maximum atomic E-state index is 11.5. The third-order valence-electron chi connectivity index (χ3n) is 2.79. The first-order valence-electron chi connectivity index (χ1n) is 8.22. The van der Waals surface area contributed by atoms with E-state index in [9.17, 15) is 4.79 Å². The third-order valence-corrected chi connectivity index (χ3v) is 2.79. The van der Waals surface area contributed by atoms with Crippen molar-refractivity contribution in [2.24, 2.45) is 0 Å². The molecule has 0 radical (unpaired) electrons. The van der Waals surface area contributed by atoms with Gasteiger partial charge in [0.05, 0.1) is 0 Å². The van der Waals surface area contributed by atoms with Crippen LogP contribution in [0.15, 0.2) is 30.3 Å². The highest BCUT2D eigenvalue weighted by Crippen LogP contribution is 2.23. The zero-order valence-electron chi connectivity index (χ0n) is 14.4. The molecule has 1 atom stereocenters. The second-order valence-corrected chi connectivity index (χ2v) is 4.78. The number of carbonyl (C=O) groups is 1. The Morgan fingerprint density at radius 1 is 1.00 bits per heavy atom. The number of Topliss-reactive ketones (excluding diaryl/α,β-unsaturated/α-hetero) is 1. The van der Waals surface area contributed by atoms with E-state index in [1.54, 1.807) is 6.92 Å². The van der Waals surface area contributed by atoms with E-state index in [-0.39, 0.29) is 11.7 Å². The van der Waals surface area contributed by atoms with E-state index in [1.807, 2.05) is 32.0 Å². The first-order valence-corrected chi connectivity index (χ1v) is 8.22. The Morgan fingerprint density at radius 3 is 1.90 bits per heavy atom. The molecule has 0 aliphatic carbocycles. The molecule has 0 aliphatic rings. The number of hydrogen-bond acceptors (Lipinski definition) is 1. The SMILES string of the molecule is CC.CCC.CCCCC[C@H](C(C)=O)c1ccccc1. The van der Waals surface area contributed by atoms with E-state index >= 15 is 0 Å². The minimum absolute atomic E-state index is 0.109. The summed E-state index contributed by atoms with van der Waals surface area (Å²) < 4.78 is 0. The van der Waals surface area contributed by atoms with Crippen molar-refractivity contribution in [3.8, 4) is 0 Å². The second-order valence-electron chi connectivity index (χ2n) is 4.78. The Morgan fingerprint density at radius 2 is 1.50 bits per heavy atom. The summed E-state index contributed by atoms with van der Waals surface area (Å²) >= 11 is 0. The van der Waals surface area contributed by atoms with Gasteiger partial charge in [0.25, 0.3) is 0 Å². The summed E-state index contributed by atoms with van der Waals surface area (Å²) in [6.45, 7) is 12.1. The summed E-state index contributed by atoms with van der Waals surface area (Å²) in [5, 5.41) is 0. The molecular weight excluding hydrogens is 244 g/mol. The summed E-state index contributed by atoms with van der Waals surface area (Å²) in [5.74, 6) is 0.398. The van der Waals surface area contributed by atoms with Crippen molar-refractivity contribution < 1.29 is 4.79 Å². The van der Waals surface area contributed by atoms with Crippen LogP contribution >= 0.6 is 0 Å². The van der Waals surface area contributed by atoms with Crippen molar-refractivity contribution in [2.75, 3.05) is 0 Å². The molecule has 0 unspecified atom stereocenters. The maximum absolute atomic E-state index is 11.5. The Kier molecular flexibility index (Phi) is 16.9. The first kappa shape index (κ1) is 21.2. The maximum Gasteiger partial charge on any atom is 0.137 e. The average Bonchev–Trinajstić information content (AvgIpc) is 2.47. The van der Waals surface area contributed by atoms with Gasteiger partial charge in [0.2, 0.25) is 0 Å². The molecule has 0 fully saturated rings. The molecule has 20 heavy (non-hydrogen) atoms. The average molecular weight is 278 g/mol. The van der Waals surface area contributed by atoms with Crippen molar-refractivity contribution in [1.82, 2.24) is 0 Å². The molecular formula is C19H34O. The van der Waals surface area contributed by atoms with Gasteiger partial charge in [-0.25, -0.2) is 0 Å². The lowest BCUT2D eigenvalue weighted by Crippen LogP contribution is -2.08. The van der Waals surface area contributed by atoms with Crippen LogP contribution in [0.4, 0.5) is 0 Å². The number of unbranched alkanes of at least 4 members (excludes halogenated alkanes) is 2. The van der Waals surface area contributed by atoms with Gasteiger partial charge in [-0.05, 0) is 18.9 Å². The minimum Gasteiger partial charge on any atom is -0.299 e. The highest BCUT2D eigenvalue weighted by atomic mass is 16.1. The van der Waals surface area contributed by atoms with Crippen LogP contribution < -0.4 is 0 Å². The fourth-order valence-electron chi connectivity index (χ4n) is 1.89. The zero-order valence-corrected chi connectivity index (χ0v) is 14.4. The highest BCUT2D eigenvalue weighted by molar-refractivity contribution is 5.83. The van der Waals surface area contributed by atoms with Crippen molar-refractivity contribution in [3.63, 3.8) is 0 Å². The molecule has 0 bridgehead atoms. The first-order chi connectivity index (χ1) is 9.67. The van der Waals surface area contributed by atoms with Crippen LogP contribution in [-0.4, -0.2) is 5.78 Å². The Labute approximate surface area is 126 Å². The molecule has 1 heteroatoms.